The van der Waals surface area contributed by atoms with E-state index in [0.29, 0.717) is 28.2 Å². The summed E-state index contributed by atoms with van der Waals surface area (Å²) >= 11 is 4.13. The second-order valence-corrected chi connectivity index (χ2v) is 2.86. The maximum Gasteiger partial charge on any atom is 0.154 e. The van der Waals surface area contributed by atoms with Crippen LogP contribution in [0.2, 0.25) is 0 Å². The highest BCUT2D eigenvalue weighted by atomic mass is 32.1. The van der Waals surface area contributed by atoms with E-state index in [0.717, 1.165) is 0 Å². The lowest BCUT2D eigenvalue weighted by Crippen LogP contribution is -1.93. The molecular weight excluding hydrogens is 188 g/mol. The topological polar surface area (TPSA) is 35.5 Å². The third kappa shape index (κ3) is 1.95. The molecule has 13 heavy (non-hydrogen) atoms. The molecule has 0 saturated heterocycles. The first-order valence-corrected chi connectivity index (χ1v) is 4.07. The zero-order valence-corrected chi connectivity index (χ0v) is 8.30. The molecule has 0 aromatic heterocycles. The third-order valence-corrected chi connectivity index (χ3v) is 2.04. The summed E-state index contributed by atoms with van der Waals surface area (Å²) in [6, 6.07) is 3.30. The van der Waals surface area contributed by atoms with E-state index in [1.54, 1.807) is 19.2 Å². The number of rotatable bonds is 3. The molecule has 1 aromatic carbocycles. The Balaban J connectivity index is 3.28. The average Bonchev–Trinajstić information content (AvgIpc) is 2.16. The quantitative estimate of drug-likeness (QED) is 0.594. The summed E-state index contributed by atoms with van der Waals surface area (Å²) in [5.74, 6) is 1.09. The lowest BCUT2D eigenvalue weighted by atomic mass is 10.2. The molecule has 0 fully saturated rings. The van der Waals surface area contributed by atoms with Crippen LogP contribution in [0.5, 0.6) is 11.5 Å². The van der Waals surface area contributed by atoms with Gasteiger partial charge in [0.25, 0.3) is 0 Å². The van der Waals surface area contributed by atoms with Gasteiger partial charge in [-0.05, 0) is 6.07 Å². The number of hydrogen-bond donors (Lipinski definition) is 1. The fourth-order valence-corrected chi connectivity index (χ4v) is 1.28. The molecule has 1 aromatic rings. The molecule has 0 spiro atoms. The summed E-state index contributed by atoms with van der Waals surface area (Å²) in [6.45, 7) is 0. The molecule has 70 valence electrons. The van der Waals surface area contributed by atoms with Gasteiger partial charge < -0.3 is 9.47 Å². The third-order valence-electron chi connectivity index (χ3n) is 1.67. The fraction of sp³-hybridized carbons (Fsp3) is 0.222. The van der Waals surface area contributed by atoms with Crippen LogP contribution in [0.3, 0.4) is 0 Å². The zero-order valence-electron chi connectivity index (χ0n) is 7.40. The van der Waals surface area contributed by atoms with Gasteiger partial charge in [-0.2, -0.15) is 0 Å². The van der Waals surface area contributed by atoms with Crippen molar-refractivity contribution in [3.05, 3.63) is 17.7 Å². The molecule has 0 atom stereocenters. The number of methoxy groups -OCH3 is 2. The highest BCUT2D eigenvalue weighted by molar-refractivity contribution is 7.80. The molecule has 0 heterocycles. The molecule has 0 N–H and O–H groups in total. The summed E-state index contributed by atoms with van der Waals surface area (Å²) in [4.78, 5) is 11.2. The summed E-state index contributed by atoms with van der Waals surface area (Å²) < 4.78 is 9.99. The normalized spacial score (nSPS) is 9.46. The predicted octanol–water partition coefficient (Wildman–Crippen LogP) is 1.80. The Morgan fingerprint density at radius 2 is 2.00 bits per heavy atom. The summed E-state index contributed by atoms with van der Waals surface area (Å²) in [5.41, 5.74) is 0.437. The number of benzene rings is 1. The summed E-state index contributed by atoms with van der Waals surface area (Å²) in [5, 5.41) is 0. The zero-order chi connectivity index (χ0) is 9.84. The molecule has 0 aliphatic heterocycles. The second kappa shape index (κ2) is 4.18. The van der Waals surface area contributed by atoms with Crippen molar-refractivity contribution in [1.82, 2.24) is 0 Å². The van der Waals surface area contributed by atoms with E-state index in [2.05, 4.69) is 12.6 Å². The Labute approximate surface area is 82.1 Å². The minimum atomic E-state index is 0.437. The highest BCUT2D eigenvalue weighted by Crippen LogP contribution is 2.29. The van der Waals surface area contributed by atoms with Crippen molar-refractivity contribution >= 4 is 18.9 Å². The van der Waals surface area contributed by atoms with Gasteiger partial charge in [0.2, 0.25) is 0 Å². The highest BCUT2D eigenvalue weighted by Gasteiger charge is 2.08. The SMILES string of the molecule is COc1cc(S)c(C=O)c(OC)c1. The number of thiol groups is 1. The predicted molar refractivity (Wildman–Crippen MR) is 52.2 cm³/mol. The monoisotopic (exact) mass is 198 g/mol. The van der Waals surface area contributed by atoms with Gasteiger partial charge in [-0.3, -0.25) is 4.79 Å². The number of aldehydes is 1. The van der Waals surface area contributed by atoms with E-state index >= 15 is 0 Å². The number of carbonyl (C=O) groups excluding carboxylic acids is 1. The van der Waals surface area contributed by atoms with Crippen molar-refractivity contribution in [3.8, 4) is 11.5 Å². The number of carbonyl (C=O) groups is 1. The van der Waals surface area contributed by atoms with E-state index in [1.165, 1.54) is 7.11 Å². The van der Waals surface area contributed by atoms with Crippen molar-refractivity contribution in [2.24, 2.45) is 0 Å². The molecule has 0 unspecified atom stereocenters. The molecule has 0 saturated carbocycles. The minimum Gasteiger partial charge on any atom is -0.497 e. The smallest absolute Gasteiger partial charge is 0.154 e. The largest absolute Gasteiger partial charge is 0.497 e. The van der Waals surface area contributed by atoms with Crippen LogP contribution >= 0.6 is 12.6 Å². The standard InChI is InChI=1S/C9H10O3S/c1-11-6-3-8(12-2)7(5-10)9(13)4-6/h3-5,13H,1-2H3. The van der Waals surface area contributed by atoms with Gasteiger partial charge in [0.15, 0.2) is 6.29 Å². The van der Waals surface area contributed by atoms with Gasteiger partial charge in [-0.25, -0.2) is 0 Å². The van der Waals surface area contributed by atoms with Crippen LogP contribution in [0, 0.1) is 0 Å². The van der Waals surface area contributed by atoms with Gasteiger partial charge >= 0.3 is 0 Å². The first-order chi connectivity index (χ1) is 6.22. The maximum absolute atomic E-state index is 10.6. The Kier molecular flexibility index (Phi) is 3.19. The molecule has 4 heteroatoms. The van der Waals surface area contributed by atoms with Crippen LogP contribution in [0.4, 0.5) is 0 Å². The second-order valence-electron chi connectivity index (χ2n) is 2.38. The van der Waals surface area contributed by atoms with E-state index in [4.69, 9.17) is 9.47 Å². The van der Waals surface area contributed by atoms with E-state index in [1.807, 2.05) is 0 Å². The van der Waals surface area contributed by atoms with Crippen LogP contribution in [-0.2, 0) is 0 Å². The van der Waals surface area contributed by atoms with Crippen LogP contribution in [0.25, 0.3) is 0 Å². The molecule has 1 rings (SSSR count). The van der Waals surface area contributed by atoms with Crippen molar-refractivity contribution in [3.63, 3.8) is 0 Å². The maximum atomic E-state index is 10.6. The first-order valence-electron chi connectivity index (χ1n) is 3.63. The summed E-state index contributed by atoms with van der Waals surface area (Å²) in [6.07, 6.45) is 0.709. The molecule has 3 nitrogen and oxygen atoms in total. The van der Waals surface area contributed by atoms with Gasteiger partial charge in [-0.15, -0.1) is 12.6 Å². The fourth-order valence-electron chi connectivity index (χ4n) is 0.993. The van der Waals surface area contributed by atoms with Crippen LogP contribution in [0.15, 0.2) is 17.0 Å². The Hall–Kier alpha value is -1.16. The van der Waals surface area contributed by atoms with Gasteiger partial charge in [0.05, 0.1) is 19.8 Å². The lowest BCUT2D eigenvalue weighted by molar-refractivity contribution is 0.111. The van der Waals surface area contributed by atoms with Crippen molar-refractivity contribution in [1.29, 1.82) is 0 Å². The summed E-state index contributed by atoms with van der Waals surface area (Å²) in [7, 11) is 3.04. The van der Waals surface area contributed by atoms with Gasteiger partial charge in [-0.1, -0.05) is 0 Å². The number of ether oxygens (including phenoxy) is 2. The Morgan fingerprint density at radius 1 is 1.31 bits per heavy atom. The number of hydrogen-bond acceptors (Lipinski definition) is 4. The van der Waals surface area contributed by atoms with Crippen molar-refractivity contribution in [2.45, 2.75) is 4.90 Å². The van der Waals surface area contributed by atoms with Crippen LogP contribution in [-0.4, -0.2) is 20.5 Å². The minimum absolute atomic E-state index is 0.437. The van der Waals surface area contributed by atoms with Crippen molar-refractivity contribution in [2.75, 3.05) is 14.2 Å². The van der Waals surface area contributed by atoms with E-state index in [9.17, 15) is 4.79 Å². The lowest BCUT2D eigenvalue weighted by Gasteiger charge is -2.08. The van der Waals surface area contributed by atoms with Crippen LogP contribution in [0.1, 0.15) is 10.4 Å². The Morgan fingerprint density at radius 3 is 2.46 bits per heavy atom. The molecule has 0 aliphatic carbocycles. The van der Waals surface area contributed by atoms with Crippen molar-refractivity contribution < 1.29 is 14.3 Å². The first kappa shape index (κ1) is 9.92. The van der Waals surface area contributed by atoms with E-state index in [-0.39, 0.29) is 0 Å². The molecule has 0 aliphatic rings. The molecule has 0 bridgehead atoms. The molecule has 0 amide bonds. The molecular formula is C9H10O3S. The van der Waals surface area contributed by atoms with E-state index < -0.39 is 0 Å². The van der Waals surface area contributed by atoms with Gasteiger partial charge in [0, 0.05) is 11.0 Å². The van der Waals surface area contributed by atoms with Gasteiger partial charge in [0.1, 0.15) is 11.5 Å². The molecule has 0 radical (unpaired) electrons. The Bertz CT molecular complexity index is 323. The average molecular weight is 198 g/mol. The van der Waals surface area contributed by atoms with Crippen LogP contribution < -0.4 is 9.47 Å².